The molecular formula is C25H29N5O10S2. The number of aromatic nitrogens is 1. The molecule has 15 nitrogen and oxygen atoms in total. The third-order valence-corrected chi connectivity index (χ3v) is 7.39. The molecule has 1 fully saturated rings. The fourth-order valence-corrected chi connectivity index (χ4v) is 5.32. The molecule has 2 amide bonds. The number of thiazole rings is 1. The summed E-state index contributed by atoms with van der Waals surface area (Å²) in [6.07, 6.45) is 3.00. The summed E-state index contributed by atoms with van der Waals surface area (Å²) in [5, 5.41) is 6.95. The van der Waals surface area contributed by atoms with Gasteiger partial charge in [-0.15, -0.1) is 23.1 Å². The topological polar surface area (TPSA) is 206 Å². The van der Waals surface area contributed by atoms with E-state index in [1.54, 1.807) is 20.8 Å². The number of nitrogens with one attached hydrogen (secondary N) is 1. The van der Waals surface area contributed by atoms with Crippen LogP contribution in [0.3, 0.4) is 0 Å². The average molecular weight is 624 g/mol. The second-order valence-electron chi connectivity index (χ2n) is 9.76. The number of thioether (sulfide) groups is 1. The summed E-state index contributed by atoms with van der Waals surface area (Å²) in [7, 11) is 0. The monoisotopic (exact) mass is 623 g/mol. The fourth-order valence-electron chi connectivity index (χ4n) is 3.46. The first-order valence-electron chi connectivity index (χ1n) is 12.3. The highest BCUT2D eigenvalue weighted by Gasteiger charge is 2.54. The van der Waals surface area contributed by atoms with E-state index in [-0.39, 0.29) is 34.6 Å². The van der Waals surface area contributed by atoms with Crippen LogP contribution >= 0.6 is 23.1 Å². The lowest BCUT2D eigenvalue weighted by molar-refractivity contribution is -0.173. The molecule has 0 unspecified atom stereocenters. The van der Waals surface area contributed by atoms with Gasteiger partial charge in [0.15, 0.2) is 10.8 Å². The maximum atomic E-state index is 13.3. The van der Waals surface area contributed by atoms with E-state index in [9.17, 15) is 28.8 Å². The van der Waals surface area contributed by atoms with E-state index in [1.807, 2.05) is 0 Å². The van der Waals surface area contributed by atoms with E-state index in [2.05, 4.69) is 20.3 Å². The quantitative estimate of drug-likeness (QED) is 0.0927. The Hall–Kier alpha value is -4.25. The van der Waals surface area contributed by atoms with Gasteiger partial charge in [0.05, 0.1) is 5.41 Å². The molecule has 3 N–H and O–H groups in total. The van der Waals surface area contributed by atoms with Crippen molar-refractivity contribution in [3.63, 3.8) is 0 Å². The predicted octanol–water partition coefficient (Wildman–Crippen LogP) is 0.856. The molecule has 0 bridgehead atoms. The lowest BCUT2D eigenvalue weighted by Crippen LogP contribution is -2.71. The minimum atomic E-state index is -1.09. The van der Waals surface area contributed by atoms with Crippen LogP contribution in [0.2, 0.25) is 0 Å². The zero-order valence-electron chi connectivity index (χ0n) is 23.3. The Labute approximate surface area is 248 Å². The van der Waals surface area contributed by atoms with Gasteiger partial charge in [0.2, 0.25) is 6.79 Å². The Morgan fingerprint density at radius 1 is 1.17 bits per heavy atom. The number of amides is 2. The molecule has 3 rings (SSSR count). The second-order valence-corrected chi connectivity index (χ2v) is 11.8. The number of fused-ring (bicyclic) bond motifs is 1. The molecule has 1 saturated heterocycles. The summed E-state index contributed by atoms with van der Waals surface area (Å²) < 4.78 is 15.0. The normalized spacial score (nSPS) is 18.6. The molecule has 3 heterocycles. The standard InChI is InChI=1S/C25H29N5O10S2/c1-12(31)37-8-6-7-14-9-41-21-17(28-19(33)16(29-40-13(2)32)15-10-42-24(26)27-15)20(34)30(21)18(14)22(35)38-11-39-23(36)25(3,4)5/h6-7,10,17,21H,8-9,11H2,1-5H3,(H2,26,27)(H,28,33)/b7-6-,29-16-/t17-,21+/m1/s1. The molecule has 0 saturated carbocycles. The van der Waals surface area contributed by atoms with E-state index in [4.69, 9.17) is 19.9 Å². The summed E-state index contributed by atoms with van der Waals surface area (Å²) in [6.45, 7) is 6.48. The summed E-state index contributed by atoms with van der Waals surface area (Å²) >= 11 is 2.27. The molecule has 42 heavy (non-hydrogen) atoms. The van der Waals surface area contributed by atoms with Gasteiger partial charge in [-0.25, -0.2) is 14.6 Å². The van der Waals surface area contributed by atoms with Gasteiger partial charge in [-0.05, 0) is 32.4 Å². The van der Waals surface area contributed by atoms with Gasteiger partial charge >= 0.3 is 23.9 Å². The summed E-state index contributed by atoms with van der Waals surface area (Å²) in [4.78, 5) is 83.7. The molecule has 1 aromatic rings. The molecule has 2 aliphatic rings. The van der Waals surface area contributed by atoms with Crippen molar-refractivity contribution in [1.82, 2.24) is 15.2 Å². The number of carbonyl (C=O) groups excluding carboxylic acids is 6. The Morgan fingerprint density at radius 2 is 1.88 bits per heavy atom. The maximum absolute atomic E-state index is 13.3. The second kappa shape index (κ2) is 13.6. The lowest BCUT2D eigenvalue weighted by atomic mass is 9.98. The first-order chi connectivity index (χ1) is 19.7. The highest BCUT2D eigenvalue weighted by molar-refractivity contribution is 8.00. The van der Waals surface area contributed by atoms with Crippen LogP contribution in [0.15, 0.2) is 34.0 Å². The number of rotatable bonds is 10. The van der Waals surface area contributed by atoms with Crippen molar-refractivity contribution in [3.05, 3.63) is 34.5 Å². The molecule has 17 heteroatoms. The highest BCUT2D eigenvalue weighted by atomic mass is 32.2. The zero-order chi connectivity index (χ0) is 31.2. The molecule has 0 radical (unpaired) electrons. The first kappa shape index (κ1) is 32.3. The number of allylic oxidation sites excluding steroid dienone is 1. The number of esters is 3. The van der Waals surface area contributed by atoms with E-state index in [0.29, 0.717) is 5.57 Å². The molecule has 2 atom stereocenters. The largest absolute Gasteiger partial charge is 0.462 e. The third kappa shape index (κ3) is 7.94. The molecule has 1 aromatic heterocycles. The van der Waals surface area contributed by atoms with Crippen LogP contribution in [-0.4, -0.2) is 81.9 Å². The third-order valence-electron chi connectivity index (χ3n) is 5.42. The number of anilines is 1. The van der Waals surface area contributed by atoms with Crippen LogP contribution in [0, 0.1) is 5.41 Å². The minimum absolute atomic E-state index is 0.0327. The maximum Gasteiger partial charge on any atom is 0.358 e. The van der Waals surface area contributed by atoms with Crippen molar-refractivity contribution in [1.29, 1.82) is 0 Å². The van der Waals surface area contributed by atoms with Crippen molar-refractivity contribution < 1.29 is 47.8 Å². The Kier molecular flexibility index (Phi) is 10.5. The zero-order valence-corrected chi connectivity index (χ0v) is 25.0. The van der Waals surface area contributed by atoms with E-state index < -0.39 is 59.3 Å². The van der Waals surface area contributed by atoms with Gasteiger partial charge in [-0.1, -0.05) is 11.2 Å². The lowest BCUT2D eigenvalue weighted by Gasteiger charge is -2.49. The van der Waals surface area contributed by atoms with Crippen LogP contribution in [0.1, 0.15) is 40.3 Å². The fraction of sp³-hybridized carbons (Fsp3) is 0.440. The van der Waals surface area contributed by atoms with Gasteiger partial charge in [0.25, 0.3) is 11.8 Å². The smallest absolute Gasteiger partial charge is 0.358 e. The van der Waals surface area contributed by atoms with E-state index in [1.165, 1.54) is 36.2 Å². The number of oxime groups is 1. The summed E-state index contributed by atoms with van der Waals surface area (Å²) in [5.74, 6) is -4.13. The van der Waals surface area contributed by atoms with Gasteiger partial charge in [0.1, 0.15) is 29.4 Å². The van der Waals surface area contributed by atoms with Gasteiger partial charge in [-0.3, -0.25) is 24.1 Å². The van der Waals surface area contributed by atoms with Crippen molar-refractivity contribution in [2.24, 2.45) is 10.6 Å². The SMILES string of the molecule is CC(=O)OC/C=C\C1=C(C(=O)OCOC(=O)C(C)(C)C)N2C(=O)[C@@H](NC(=O)/C(=N\OC(C)=O)c3csc(N)n3)[C@@H]2SC1. The van der Waals surface area contributed by atoms with Crippen molar-refractivity contribution in [3.8, 4) is 0 Å². The Balaban J connectivity index is 1.81. The van der Waals surface area contributed by atoms with E-state index >= 15 is 0 Å². The van der Waals surface area contributed by atoms with Gasteiger partial charge < -0.3 is 30.1 Å². The number of β-lactam (4-membered cyclic amide) rings is 1. The van der Waals surface area contributed by atoms with Crippen LogP contribution in [0.25, 0.3) is 0 Å². The predicted molar refractivity (Wildman–Crippen MR) is 149 cm³/mol. The molecule has 0 aliphatic carbocycles. The number of nitrogen functional groups attached to an aromatic ring is 1. The van der Waals surface area contributed by atoms with Crippen LogP contribution in [0.4, 0.5) is 5.13 Å². The molecule has 0 spiro atoms. The van der Waals surface area contributed by atoms with Gasteiger partial charge in [0, 0.05) is 25.0 Å². The number of nitrogens with two attached hydrogens (primary N) is 1. The minimum Gasteiger partial charge on any atom is -0.462 e. The number of hydrogen-bond acceptors (Lipinski definition) is 15. The highest BCUT2D eigenvalue weighted by Crippen LogP contribution is 2.41. The van der Waals surface area contributed by atoms with Crippen LogP contribution < -0.4 is 11.1 Å². The number of ether oxygens (including phenoxy) is 3. The number of carbonyl (C=O) groups is 6. The van der Waals surface area contributed by atoms with Crippen LogP contribution in [0.5, 0.6) is 0 Å². The molecule has 226 valence electrons. The van der Waals surface area contributed by atoms with Gasteiger partial charge in [-0.2, -0.15) is 0 Å². The summed E-state index contributed by atoms with van der Waals surface area (Å²) in [6, 6.07) is -1.09. The van der Waals surface area contributed by atoms with Crippen LogP contribution in [-0.2, 0) is 47.8 Å². The van der Waals surface area contributed by atoms with Crippen molar-refractivity contribution in [2.45, 2.75) is 46.0 Å². The van der Waals surface area contributed by atoms with Crippen molar-refractivity contribution >= 4 is 69.6 Å². The number of hydrogen-bond donors (Lipinski definition) is 2. The summed E-state index contributed by atoms with van der Waals surface area (Å²) in [5.41, 5.74) is 4.73. The Bertz CT molecular complexity index is 1380. The molecule has 2 aliphatic heterocycles. The number of nitrogens with zero attached hydrogens (tertiary/aromatic N) is 3. The van der Waals surface area contributed by atoms with Crippen molar-refractivity contribution in [2.75, 3.05) is 24.9 Å². The average Bonchev–Trinajstić information content (AvgIpc) is 3.33. The Morgan fingerprint density at radius 3 is 2.48 bits per heavy atom. The molecule has 0 aromatic carbocycles. The first-order valence-corrected chi connectivity index (χ1v) is 14.2. The molecular weight excluding hydrogens is 594 g/mol. The van der Waals surface area contributed by atoms with E-state index in [0.717, 1.165) is 23.2 Å².